The molecule has 0 heterocycles. The van der Waals surface area contributed by atoms with Gasteiger partial charge in [0, 0.05) is 12.6 Å². The van der Waals surface area contributed by atoms with Crippen LogP contribution in [0.15, 0.2) is 0 Å². The highest BCUT2D eigenvalue weighted by molar-refractivity contribution is 4.82. The largest absolute Gasteiger partial charge is 0.389 e. The van der Waals surface area contributed by atoms with Crippen LogP contribution >= 0.6 is 0 Å². The lowest BCUT2D eigenvalue weighted by molar-refractivity contribution is -0.0685. The molecule has 3 heteroatoms. The Morgan fingerprint density at radius 1 is 1.14 bits per heavy atom. The second kappa shape index (κ2) is 8.50. The minimum absolute atomic E-state index is 0.342. The lowest BCUT2D eigenvalue weighted by Gasteiger charge is -2.37. The van der Waals surface area contributed by atoms with E-state index in [9.17, 15) is 5.11 Å². The van der Waals surface area contributed by atoms with Gasteiger partial charge in [-0.2, -0.15) is 0 Å². The van der Waals surface area contributed by atoms with Gasteiger partial charge in [-0.25, -0.2) is 0 Å². The van der Waals surface area contributed by atoms with E-state index in [2.05, 4.69) is 26.1 Å². The van der Waals surface area contributed by atoms with Crippen molar-refractivity contribution in [2.45, 2.75) is 84.0 Å². The number of aliphatic hydroxyl groups is 1. The first-order valence-corrected chi connectivity index (χ1v) is 9.09. The van der Waals surface area contributed by atoms with E-state index in [1.807, 2.05) is 0 Å². The van der Waals surface area contributed by atoms with Crippen LogP contribution in [0.25, 0.3) is 0 Å². The molecule has 2 rings (SSSR count). The van der Waals surface area contributed by atoms with Crippen LogP contribution in [0.4, 0.5) is 0 Å². The van der Waals surface area contributed by atoms with Crippen molar-refractivity contribution in [3.63, 3.8) is 0 Å². The average Bonchev–Trinajstić information content (AvgIpc) is 2.96. The summed E-state index contributed by atoms with van der Waals surface area (Å²) in [7, 11) is 0. The first kappa shape index (κ1) is 17.2. The summed E-state index contributed by atoms with van der Waals surface area (Å²) in [6.45, 7) is 8.09. The molecule has 2 aliphatic carbocycles. The number of hydrogen-bond donors (Lipinski definition) is 2. The first-order chi connectivity index (χ1) is 10.1. The third kappa shape index (κ3) is 5.54. The third-order valence-electron chi connectivity index (χ3n) is 5.46. The van der Waals surface area contributed by atoms with Crippen molar-refractivity contribution in [1.29, 1.82) is 0 Å². The first-order valence-electron chi connectivity index (χ1n) is 9.09. The van der Waals surface area contributed by atoms with Crippen LogP contribution in [0.2, 0.25) is 0 Å². The van der Waals surface area contributed by atoms with E-state index in [-0.39, 0.29) is 6.10 Å². The molecule has 2 N–H and O–H groups in total. The van der Waals surface area contributed by atoms with E-state index in [1.54, 1.807) is 0 Å². The Bertz CT molecular complexity index is 289. The van der Waals surface area contributed by atoms with Crippen molar-refractivity contribution in [2.24, 2.45) is 17.8 Å². The van der Waals surface area contributed by atoms with Crippen molar-refractivity contribution in [3.05, 3.63) is 0 Å². The van der Waals surface area contributed by atoms with Crippen LogP contribution in [-0.4, -0.2) is 36.5 Å². The molecule has 0 aromatic rings. The zero-order valence-corrected chi connectivity index (χ0v) is 14.2. The molecule has 0 amide bonds. The third-order valence-corrected chi connectivity index (χ3v) is 5.46. The highest BCUT2D eigenvalue weighted by Gasteiger charge is 2.31. The Balaban J connectivity index is 1.69. The summed E-state index contributed by atoms with van der Waals surface area (Å²) in [6, 6.07) is 0.623. The lowest BCUT2D eigenvalue weighted by Crippen LogP contribution is -2.39. The molecule has 4 atom stereocenters. The number of nitrogens with one attached hydrogen (secondary N) is 1. The number of aliphatic hydroxyl groups excluding tert-OH is 1. The van der Waals surface area contributed by atoms with Gasteiger partial charge in [0.15, 0.2) is 0 Å². The molecule has 0 aromatic heterocycles. The molecule has 2 aliphatic rings. The van der Waals surface area contributed by atoms with E-state index >= 15 is 0 Å². The maximum atomic E-state index is 10.1. The van der Waals surface area contributed by atoms with Gasteiger partial charge in [0.25, 0.3) is 0 Å². The SMILES string of the molecule is CC(C)[C@H]1CC[C@H](C)C[C@H]1OC[C@H](O)CNC1CCCC1. The molecule has 0 unspecified atom stereocenters. The fourth-order valence-corrected chi connectivity index (χ4v) is 4.03. The molecule has 0 aliphatic heterocycles. The van der Waals surface area contributed by atoms with Crippen molar-refractivity contribution in [2.75, 3.05) is 13.2 Å². The second-order valence-corrected chi connectivity index (χ2v) is 7.74. The molecule has 0 saturated heterocycles. The molecule has 21 heavy (non-hydrogen) atoms. The minimum atomic E-state index is -0.365. The van der Waals surface area contributed by atoms with E-state index in [0.29, 0.717) is 37.1 Å². The quantitative estimate of drug-likeness (QED) is 0.757. The van der Waals surface area contributed by atoms with E-state index in [1.165, 1.54) is 38.5 Å². The van der Waals surface area contributed by atoms with Crippen LogP contribution in [0.1, 0.15) is 65.7 Å². The Hall–Kier alpha value is -0.120. The second-order valence-electron chi connectivity index (χ2n) is 7.74. The summed E-state index contributed by atoms with van der Waals surface area (Å²) in [5.74, 6) is 2.10. The Labute approximate surface area is 130 Å². The molecule has 2 saturated carbocycles. The molecular weight excluding hydrogens is 262 g/mol. The van der Waals surface area contributed by atoms with Crippen LogP contribution in [0, 0.1) is 17.8 Å². The summed E-state index contributed by atoms with van der Waals surface area (Å²) in [5, 5.41) is 13.6. The molecule has 0 radical (unpaired) electrons. The molecule has 0 aromatic carbocycles. The molecule has 3 nitrogen and oxygen atoms in total. The summed E-state index contributed by atoms with van der Waals surface area (Å²) >= 11 is 0. The molecular formula is C18H35NO2. The van der Waals surface area contributed by atoms with Gasteiger partial charge < -0.3 is 15.2 Å². The number of hydrogen-bond acceptors (Lipinski definition) is 3. The molecule has 2 fully saturated rings. The average molecular weight is 297 g/mol. The van der Waals surface area contributed by atoms with Gasteiger partial charge in [0.2, 0.25) is 0 Å². The van der Waals surface area contributed by atoms with Gasteiger partial charge in [-0.1, -0.05) is 40.0 Å². The van der Waals surface area contributed by atoms with Gasteiger partial charge in [-0.05, 0) is 43.4 Å². The standard InChI is InChI=1S/C18H35NO2/c1-13(2)17-9-8-14(3)10-18(17)21-12-16(20)11-19-15-6-4-5-7-15/h13-20H,4-12H2,1-3H3/t14-,16+,17+,18+/m0/s1. The van der Waals surface area contributed by atoms with Crippen molar-refractivity contribution >= 4 is 0 Å². The summed E-state index contributed by atoms with van der Waals surface area (Å²) in [6.07, 6.45) is 8.94. The van der Waals surface area contributed by atoms with E-state index in [4.69, 9.17) is 4.74 Å². The van der Waals surface area contributed by atoms with Gasteiger partial charge in [-0.3, -0.25) is 0 Å². The minimum Gasteiger partial charge on any atom is -0.389 e. The van der Waals surface area contributed by atoms with Crippen LogP contribution in [-0.2, 0) is 4.74 Å². The molecule has 124 valence electrons. The predicted molar refractivity (Wildman–Crippen MR) is 87.3 cm³/mol. The topological polar surface area (TPSA) is 41.5 Å². The normalized spacial score (nSPS) is 32.7. The Kier molecular flexibility index (Phi) is 6.97. The number of rotatable bonds is 7. The van der Waals surface area contributed by atoms with Crippen LogP contribution in [0.5, 0.6) is 0 Å². The van der Waals surface area contributed by atoms with Gasteiger partial charge in [0.1, 0.15) is 0 Å². The predicted octanol–water partition coefficient (Wildman–Crippen LogP) is 3.36. The van der Waals surface area contributed by atoms with Gasteiger partial charge in [0.05, 0.1) is 18.8 Å². The summed E-state index contributed by atoms with van der Waals surface area (Å²) in [4.78, 5) is 0. The maximum absolute atomic E-state index is 10.1. The summed E-state index contributed by atoms with van der Waals surface area (Å²) < 4.78 is 6.11. The van der Waals surface area contributed by atoms with Crippen molar-refractivity contribution in [1.82, 2.24) is 5.32 Å². The van der Waals surface area contributed by atoms with Gasteiger partial charge >= 0.3 is 0 Å². The molecule has 0 bridgehead atoms. The van der Waals surface area contributed by atoms with E-state index < -0.39 is 0 Å². The fourth-order valence-electron chi connectivity index (χ4n) is 4.03. The monoisotopic (exact) mass is 297 g/mol. The van der Waals surface area contributed by atoms with Gasteiger partial charge in [-0.15, -0.1) is 0 Å². The van der Waals surface area contributed by atoms with Crippen molar-refractivity contribution in [3.8, 4) is 0 Å². The Morgan fingerprint density at radius 2 is 1.86 bits per heavy atom. The van der Waals surface area contributed by atoms with Crippen LogP contribution < -0.4 is 5.32 Å². The van der Waals surface area contributed by atoms with Crippen LogP contribution in [0.3, 0.4) is 0 Å². The maximum Gasteiger partial charge on any atom is 0.0897 e. The Morgan fingerprint density at radius 3 is 2.52 bits per heavy atom. The summed E-state index contributed by atoms with van der Waals surface area (Å²) in [5.41, 5.74) is 0. The number of ether oxygens (including phenoxy) is 1. The molecule has 0 spiro atoms. The lowest BCUT2D eigenvalue weighted by atomic mass is 9.75. The fraction of sp³-hybridized carbons (Fsp3) is 1.00. The highest BCUT2D eigenvalue weighted by atomic mass is 16.5. The van der Waals surface area contributed by atoms with E-state index in [0.717, 1.165) is 12.3 Å². The smallest absolute Gasteiger partial charge is 0.0897 e. The highest BCUT2D eigenvalue weighted by Crippen LogP contribution is 2.35. The zero-order chi connectivity index (χ0) is 15.2. The van der Waals surface area contributed by atoms with Crippen molar-refractivity contribution < 1.29 is 9.84 Å². The zero-order valence-electron chi connectivity index (χ0n) is 14.2.